The van der Waals surface area contributed by atoms with Gasteiger partial charge in [-0.25, -0.2) is 14.8 Å². The van der Waals surface area contributed by atoms with E-state index in [2.05, 4.69) is 30.6 Å². The second kappa shape index (κ2) is 7.30. The fourth-order valence-electron chi connectivity index (χ4n) is 2.98. The molecule has 0 unspecified atom stereocenters. The summed E-state index contributed by atoms with van der Waals surface area (Å²) in [7, 11) is 0. The van der Waals surface area contributed by atoms with Gasteiger partial charge in [-0.1, -0.05) is 12.8 Å². The Balaban J connectivity index is 1.49. The summed E-state index contributed by atoms with van der Waals surface area (Å²) in [5, 5.41) is 5.75. The molecule has 1 saturated carbocycles. The Hall–Kier alpha value is -3.29. The lowest BCUT2D eigenvalue weighted by Crippen LogP contribution is -2.36. The number of anilines is 1. The maximum atomic E-state index is 12.1. The third kappa shape index (κ3) is 3.85. The molecule has 3 aromatic heterocycles. The van der Waals surface area contributed by atoms with Crippen LogP contribution in [0.3, 0.4) is 0 Å². The van der Waals surface area contributed by atoms with Crippen molar-refractivity contribution in [3.8, 4) is 11.6 Å². The molecule has 0 radical (unpaired) electrons. The molecule has 132 valence electrons. The van der Waals surface area contributed by atoms with Crippen molar-refractivity contribution in [3.63, 3.8) is 0 Å². The predicted octanol–water partition coefficient (Wildman–Crippen LogP) is 3.28. The molecule has 0 saturated heterocycles. The van der Waals surface area contributed by atoms with Crippen molar-refractivity contribution in [2.45, 2.75) is 31.7 Å². The Labute approximate surface area is 150 Å². The maximum Gasteiger partial charge on any atom is 0.320 e. The SMILES string of the molecule is O=C(Nc1ccc2ncc(Oc3cnccn3)cc2n1)NC1CCCC1. The summed E-state index contributed by atoms with van der Waals surface area (Å²) in [6, 6.07) is 5.30. The van der Waals surface area contributed by atoms with Gasteiger partial charge in [-0.3, -0.25) is 15.3 Å². The van der Waals surface area contributed by atoms with Crippen molar-refractivity contribution < 1.29 is 9.53 Å². The van der Waals surface area contributed by atoms with Crippen molar-refractivity contribution >= 4 is 22.9 Å². The van der Waals surface area contributed by atoms with Crippen LogP contribution in [0.4, 0.5) is 10.6 Å². The van der Waals surface area contributed by atoms with Crippen molar-refractivity contribution in [2.75, 3.05) is 5.32 Å². The average Bonchev–Trinajstić information content (AvgIpc) is 3.15. The molecule has 4 rings (SSSR count). The minimum atomic E-state index is -0.233. The molecule has 0 bridgehead atoms. The Bertz CT molecular complexity index is 912. The molecule has 0 spiro atoms. The molecule has 0 atom stereocenters. The minimum Gasteiger partial charge on any atom is -0.436 e. The van der Waals surface area contributed by atoms with Gasteiger partial charge in [0.1, 0.15) is 11.6 Å². The van der Waals surface area contributed by atoms with Crippen molar-refractivity contribution in [1.29, 1.82) is 0 Å². The minimum absolute atomic E-state index is 0.233. The van der Waals surface area contributed by atoms with Gasteiger partial charge in [-0.15, -0.1) is 0 Å². The quantitative estimate of drug-likeness (QED) is 0.749. The van der Waals surface area contributed by atoms with Gasteiger partial charge in [0.25, 0.3) is 0 Å². The topological polar surface area (TPSA) is 102 Å². The molecular weight excluding hydrogens is 332 g/mol. The van der Waals surface area contributed by atoms with Gasteiger partial charge < -0.3 is 10.1 Å². The second-order valence-electron chi connectivity index (χ2n) is 6.13. The third-order valence-corrected chi connectivity index (χ3v) is 4.21. The van der Waals surface area contributed by atoms with Crippen molar-refractivity contribution in [3.05, 3.63) is 43.0 Å². The normalized spacial score (nSPS) is 14.3. The zero-order valence-corrected chi connectivity index (χ0v) is 14.1. The van der Waals surface area contributed by atoms with E-state index in [1.165, 1.54) is 19.0 Å². The monoisotopic (exact) mass is 350 g/mol. The highest BCUT2D eigenvalue weighted by Gasteiger charge is 2.17. The number of urea groups is 1. The third-order valence-electron chi connectivity index (χ3n) is 4.21. The lowest BCUT2D eigenvalue weighted by molar-refractivity contribution is 0.248. The van der Waals surface area contributed by atoms with Gasteiger partial charge in [0.2, 0.25) is 5.88 Å². The molecule has 2 amide bonds. The first-order valence-corrected chi connectivity index (χ1v) is 8.54. The number of aromatic nitrogens is 4. The largest absolute Gasteiger partial charge is 0.436 e. The van der Waals surface area contributed by atoms with Crippen LogP contribution >= 0.6 is 0 Å². The van der Waals surface area contributed by atoms with Crippen LogP contribution in [0.25, 0.3) is 11.0 Å². The van der Waals surface area contributed by atoms with Crippen LogP contribution in [-0.2, 0) is 0 Å². The van der Waals surface area contributed by atoms with Gasteiger partial charge in [0, 0.05) is 24.5 Å². The van der Waals surface area contributed by atoms with E-state index in [-0.39, 0.29) is 12.1 Å². The Morgan fingerprint density at radius 2 is 1.96 bits per heavy atom. The number of nitrogens with zero attached hydrogens (tertiary/aromatic N) is 4. The zero-order valence-electron chi connectivity index (χ0n) is 14.1. The Kier molecular flexibility index (Phi) is 4.55. The van der Waals surface area contributed by atoms with Crippen LogP contribution in [0.15, 0.2) is 43.0 Å². The molecule has 0 aliphatic heterocycles. The van der Waals surface area contributed by atoms with Gasteiger partial charge in [0.15, 0.2) is 0 Å². The number of carbonyl (C=O) groups is 1. The highest BCUT2D eigenvalue weighted by Crippen LogP contribution is 2.22. The number of ether oxygens (including phenoxy) is 1. The first-order chi connectivity index (χ1) is 12.8. The molecule has 3 aromatic rings. The summed E-state index contributed by atoms with van der Waals surface area (Å²) in [4.78, 5) is 28.9. The number of carbonyl (C=O) groups excluding carboxylic acids is 1. The molecule has 3 heterocycles. The number of pyridine rings is 2. The number of hydrogen-bond acceptors (Lipinski definition) is 6. The summed E-state index contributed by atoms with van der Waals surface area (Å²) < 4.78 is 5.62. The fourth-order valence-corrected chi connectivity index (χ4v) is 2.98. The van der Waals surface area contributed by atoms with E-state index < -0.39 is 0 Å². The predicted molar refractivity (Wildman–Crippen MR) is 96.1 cm³/mol. The Morgan fingerprint density at radius 1 is 1.08 bits per heavy atom. The second-order valence-corrected chi connectivity index (χ2v) is 6.13. The summed E-state index contributed by atoms with van der Waals surface area (Å²) in [5.74, 6) is 1.34. The number of nitrogens with one attached hydrogen (secondary N) is 2. The number of amides is 2. The van der Waals surface area contributed by atoms with Gasteiger partial charge in [-0.2, -0.15) is 0 Å². The van der Waals surface area contributed by atoms with Crippen LogP contribution in [0.2, 0.25) is 0 Å². The van der Waals surface area contributed by atoms with Crippen LogP contribution in [0.5, 0.6) is 11.6 Å². The van der Waals surface area contributed by atoms with E-state index in [4.69, 9.17) is 4.74 Å². The molecular formula is C18H18N6O2. The molecule has 1 aliphatic carbocycles. The fraction of sp³-hybridized carbons (Fsp3) is 0.278. The lowest BCUT2D eigenvalue weighted by Gasteiger charge is -2.12. The first-order valence-electron chi connectivity index (χ1n) is 8.54. The van der Waals surface area contributed by atoms with Gasteiger partial charge >= 0.3 is 6.03 Å². The van der Waals surface area contributed by atoms with Gasteiger partial charge in [-0.05, 0) is 25.0 Å². The lowest BCUT2D eigenvalue weighted by atomic mass is 10.2. The average molecular weight is 350 g/mol. The molecule has 8 nitrogen and oxygen atoms in total. The van der Waals surface area contributed by atoms with Crippen molar-refractivity contribution in [2.24, 2.45) is 0 Å². The molecule has 1 fully saturated rings. The van der Waals surface area contributed by atoms with Crippen LogP contribution < -0.4 is 15.4 Å². The first kappa shape index (κ1) is 16.2. The van der Waals surface area contributed by atoms with Crippen molar-refractivity contribution in [1.82, 2.24) is 25.3 Å². The molecule has 2 N–H and O–H groups in total. The molecule has 0 aromatic carbocycles. The number of rotatable bonds is 4. The van der Waals surface area contributed by atoms with E-state index in [1.807, 2.05) is 0 Å². The van der Waals surface area contributed by atoms with Crippen LogP contribution in [0, 0.1) is 0 Å². The van der Waals surface area contributed by atoms with E-state index in [0.717, 1.165) is 12.8 Å². The summed E-state index contributed by atoms with van der Waals surface area (Å²) >= 11 is 0. The number of fused-ring (bicyclic) bond motifs is 1. The smallest absolute Gasteiger partial charge is 0.320 e. The van der Waals surface area contributed by atoms with E-state index in [1.54, 1.807) is 36.8 Å². The summed E-state index contributed by atoms with van der Waals surface area (Å²) in [5.41, 5.74) is 1.32. The summed E-state index contributed by atoms with van der Waals surface area (Å²) in [6.07, 6.45) is 10.6. The van der Waals surface area contributed by atoms with Crippen LogP contribution in [-0.4, -0.2) is 32.0 Å². The van der Waals surface area contributed by atoms with Crippen LogP contribution in [0.1, 0.15) is 25.7 Å². The van der Waals surface area contributed by atoms with E-state index >= 15 is 0 Å². The highest BCUT2D eigenvalue weighted by atomic mass is 16.5. The molecule has 26 heavy (non-hydrogen) atoms. The van der Waals surface area contributed by atoms with E-state index in [0.29, 0.717) is 28.5 Å². The standard InChI is InChI=1S/C18H18N6O2/c25-18(22-12-3-1-2-4-12)24-16-6-5-14-15(23-16)9-13(10-21-14)26-17-11-19-7-8-20-17/h5-12H,1-4H2,(H2,22,23,24,25). The van der Waals surface area contributed by atoms with Gasteiger partial charge in [0.05, 0.1) is 23.4 Å². The van der Waals surface area contributed by atoms with E-state index in [9.17, 15) is 4.79 Å². The zero-order chi connectivity index (χ0) is 17.8. The Morgan fingerprint density at radius 3 is 2.77 bits per heavy atom. The highest BCUT2D eigenvalue weighted by molar-refractivity contribution is 5.90. The number of hydrogen-bond donors (Lipinski definition) is 2. The molecule has 1 aliphatic rings. The molecule has 8 heteroatoms. The summed E-state index contributed by atoms with van der Waals surface area (Å²) in [6.45, 7) is 0. The maximum absolute atomic E-state index is 12.1.